The number of aromatic nitrogens is 6. The number of aryl methyl sites for hydroxylation is 2. The quantitative estimate of drug-likeness (QED) is 0.277. The summed E-state index contributed by atoms with van der Waals surface area (Å²) in [6, 6.07) is 13.7. The Morgan fingerprint density at radius 1 is 1.08 bits per heavy atom. The number of halogens is 1. The summed E-state index contributed by atoms with van der Waals surface area (Å²) >= 11 is 0. The van der Waals surface area contributed by atoms with Gasteiger partial charge < -0.3 is 15.8 Å². The summed E-state index contributed by atoms with van der Waals surface area (Å²) in [7, 11) is 1.80. The number of nitrogens with two attached hydrogens (primary N) is 1. The van der Waals surface area contributed by atoms with Gasteiger partial charge in [0.1, 0.15) is 0 Å². The summed E-state index contributed by atoms with van der Waals surface area (Å²) in [5.41, 5.74) is 9.79. The predicted octanol–water partition coefficient (Wildman–Crippen LogP) is 4.82. The van der Waals surface area contributed by atoms with Gasteiger partial charge in [-0.1, -0.05) is 24.3 Å². The van der Waals surface area contributed by atoms with Crippen LogP contribution in [0.25, 0.3) is 28.5 Å². The molecule has 10 nitrogen and oxygen atoms in total. The van der Waals surface area contributed by atoms with Gasteiger partial charge in [0.05, 0.1) is 17.6 Å². The lowest BCUT2D eigenvalue weighted by Crippen LogP contribution is -2.05. The molecule has 0 aliphatic heterocycles. The summed E-state index contributed by atoms with van der Waals surface area (Å²) < 4.78 is 22.4. The minimum atomic E-state index is -0.598. The Bertz CT molecular complexity index is 1700. The van der Waals surface area contributed by atoms with Crippen molar-refractivity contribution in [3.05, 3.63) is 96.5 Å². The van der Waals surface area contributed by atoms with Crippen LogP contribution >= 0.6 is 0 Å². The van der Waals surface area contributed by atoms with E-state index >= 15 is 4.39 Å². The predicted molar refractivity (Wildman–Crippen MR) is 144 cm³/mol. The van der Waals surface area contributed by atoms with E-state index in [1.165, 1.54) is 18.2 Å². The maximum Gasteiger partial charge on any atom is 0.322 e. The van der Waals surface area contributed by atoms with Crippen LogP contribution in [0.4, 0.5) is 16.0 Å². The first kappa shape index (κ1) is 25.2. The van der Waals surface area contributed by atoms with Crippen LogP contribution in [0, 0.1) is 12.7 Å². The van der Waals surface area contributed by atoms with Gasteiger partial charge in [0, 0.05) is 48.5 Å². The van der Waals surface area contributed by atoms with Crippen molar-refractivity contribution in [2.45, 2.75) is 6.92 Å². The van der Waals surface area contributed by atoms with Crippen LogP contribution in [0.2, 0.25) is 0 Å². The van der Waals surface area contributed by atoms with E-state index in [9.17, 15) is 4.79 Å². The molecule has 3 N–H and O–H groups in total. The summed E-state index contributed by atoms with van der Waals surface area (Å²) in [5, 5.41) is 7.28. The van der Waals surface area contributed by atoms with Gasteiger partial charge in [-0.25, -0.2) is 24.3 Å². The monoisotopic (exact) mass is 522 g/mol. The number of ether oxygens (including phenoxy) is 1. The fourth-order valence-electron chi connectivity index (χ4n) is 3.78. The number of primary amides is 1. The van der Waals surface area contributed by atoms with E-state index in [4.69, 9.17) is 15.5 Å². The van der Waals surface area contributed by atoms with Gasteiger partial charge in [-0.3, -0.25) is 9.48 Å². The van der Waals surface area contributed by atoms with E-state index in [0.717, 1.165) is 11.1 Å². The number of benzene rings is 2. The van der Waals surface area contributed by atoms with Crippen molar-refractivity contribution in [3.63, 3.8) is 0 Å². The van der Waals surface area contributed by atoms with Gasteiger partial charge in [-0.15, -0.1) is 0 Å². The third kappa shape index (κ3) is 6.10. The normalized spacial score (nSPS) is 11.1. The van der Waals surface area contributed by atoms with Gasteiger partial charge in [0.2, 0.25) is 11.9 Å². The molecule has 39 heavy (non-hydrogen) atoms. The summed E-state index contributed by atoms with van der Waals surface area (Å²) in [6.07, 6.45) is 9.49. The molecule has 11 heteroatoms. The molecule has 194 valence electrons. The minimum absolute atomic E-state index is 0.0136. The lowest BCUT2D eigenvalue weighted by molar-refractivity contribution is -0.113. The number of rotatable bonds is 8. The van der Waals surface area contributed by atoms with E-state index in [0.29, 0.717) is 34.2 Å². The van der Waals surface area contributed by atoms with Gasteiger partial charge in [0.15, 0.2) is 11.6 Å². The van der Waals surface area contributed by atoms with Crippen LogP contribution in [0.15, 0.2) is 79.4 Å². The lowest BCUT2D eigenvalue weighted by atomic mass is 9.99. The Hall–Kier alpha value is -5.45. The number of carbonyl (C=O) groups excluding carboxylic acids is 1. The van der Waals surface area contributed by atoms with Gasteiger partial charge in [-0.2, -0.15) is 5.10 Å². The summed E-state index contributed by atoms with van der Waals surface area (Å²) in [6.45, 7) is 1.79. The van der Waals surface area contributed by atoms with Crippen LogP contribution in [-0.4, -0.2) is 35.6 Å². The van der Waals surface area contributed by atoms with Crippen molar-refractivity contribution in [1.29, 1.82) is 0 Å². The molecule has 0 spiro atoms. The van der Waals surface area contributed by atoms with E-state index in [-0.39, 0.29) is 11.8 Å². The van der Waals surface area contributed by atoms with Crippen molar-refractivity contribution >= 4 is 23.6 Å². The first-order valence-corrected chi connectivity index (χ1v) is 11.8. The standard InChI is InChI=1S/C28H23FN8O2/c1-17-10-11-31-28(34-17)39-24-8-7-19(13-23(24)29)22-15-32-27(35-21-14-33-37(2)16-21)36-26(22)20-5-3-4-18(12-20)6-9-25(30)38/h3-16H,1-2H3,(H2,30,38)(H,32,35,36). The number of nitrogens with zero attached hydrogens (tertiary/aromatic N) is 6. The second kappa shape index (κ2) is 10.9. The molecule has 5 aromatic rings. The van der Waals surface area contributed by atoms with E-state index in [1.807, 2.05) is 24.3 Å². The zero-order valence-electron chi connectivity index (χ0n) is 21.0. The molecule has 0 atom stereocenters. The summed E-state index contributed by atoms with van der Waals surface area (Å²) in [5.74, 6) is -0.837. The molecule has 0 radical (unpaired) electrons. The molecule has 0 bridgehead atoms. The highest BCUT2D eigenvalue weighted by Gasteiger charge is 2.16. The van der Waals surface area contributed by atoms with Crippen LogP contribution in [-0.2, 0) is 11.8 Å². The molecule has 5 rings (SSSR count). The molecular weight excluding hydrogens is 499 g/mol. The van der Waals surface area contributed by atoms with Crippen molar-refractivity contribution in [1.82, 2.24) is 29.7 Å². The number of carbonyl (C=O) groups is 1. The molecule has 0 aliphatic rings. The van der Waals surface area contributed by atoms with E-state index in [1.54, 1.807) is 61.6 Å². The minimum Gasteiger partial charge on any atom is -0.421 e. The molecule has 0 unspecified atom stereocenters. The second-order valence-corrected chi connectivity index (χ2v) is 8.57. The first-order chi connectivity index (χ1) is 18.8. The maximum absolute atomic E-state index is 15.2. The summed E-state index contributed by atoms with van der Waals surface area (Å²) in [4.78, 5) is 28.6. The third-order valence-corrected chi connectivity index (χ3v) is 5.57. The van der Waals surface area contributed by atoms with Crippen LogP contribution < -0.4 is 15.8 Å². The van der Waals surface area contributed by atoms with E-state index in [2.05, 4.69) is 25.4 Å². The first-order valence-electron chi connectivity index (χ1n) is 11.8. The fraction of sp³-hybridized carbons (Fsp3) is 0.0714. The van der Waals surface area contributed by atoms with E-state index < -0.39 is 11.7 Å². The Balaban J connectivity index is 1.55. The lowest BCUT2D eigenvalue weighted by Gasteiger charge is -2.13. The maximum atomic E-state index is 15.2. The molecular formula is C28H23FN8O2. The molecule has 3 heterocycles. The highest BCUT2D eigenvalue weighted by atomic mass is 19.1. The fourth-order valence-corrected chi connectivity index (χ4v) is 3.78. The number of hydrogen-bond donors (Lipinski definition) is 2. The smallest absolute Gasteiger partial charge is 0.322 e. The van der Waals surface area contributed by atoms with Crippen molar-refractivity contribution < 1.29 is 13.9 Å². The topological polar surface area (TPSA) is 134 Å². The highest BCUT2D eigenvalue weighted by Crippen LogP contribution is 2.34. The number of hydrogen-bond acceptors (Lipinski definition) is 8. The van der Waals surface area contributed by atoms with Crippen molar-refractivity contribution in [2.24, 2.45) is 12.8 Å². The SMILES string of the molecule is Cc1ccnc(Oc2ccc(-c3cnc(Nc4cnn(C)c4)nc3-c3cccc(C=CC(N)=O)c3)cc2F)n1. The van der Waals surface area contributed by atoms with Gasteiger partial charge in [-0.05, 0) is 48.4 Å². The molecule has 0 aliphatic carbocycles. The van der Waals surface area contributed by atoms with Gasteiger partial charge in [0.25, 0.3) is 0 Å². The Labute approximate surface area is 223 Å². The largest absolute Gasteiger partial charge is 0.421 e. The van der Waals surface area contributed by atoms with Crippen molar-refractivity contribution in [3.8, 4) is 34.1 Å². The van der Waals surface area contributed by atoms with Crippen LogP contribution in [0.3, 0.4) is 0 Å². The molecule has 1 amide bonds. The Morgan fingerprint density at radius 2 is 1.95 bits per heavy atom. The average molecular weight is 523 g/mol. The second-order valence-electron chi connectivity index (χ2n) is 8.57. The Morgan fingerprint density at radius 3 is 2.69 bits per heavy atom. The average Bonchev–Trinajstić information content (AvgIpc) is 3.33. The van der Waals surface area contributed by atoms with Crippen LogP contribution in [0.5, 0.6) is 11.8 Å². The number of amides is 1. The molecule has 3 aromatic heterocycles. The van der Waals surface area contributed by atoms with Gasteiger partial charge >= 0.3 is 6.01 Å². The van der Waals surface area contributed by atoms with Crippen molar-refractivity contribution in [2.75, 3.05) is 5.32 Å². The zero-order valence-corrected chi connectivity index (χ0v) is 21.0. The molecule has 0 saturated carbocycles. The zero-order chi connectivity index (χ0) is 27.4. The molecule has 0 fully saturated rings. The highest BCUT2D eigenvalue weighted by molar-refractivity contribution is 5.90. The molecule has 2 aromatic carbocycles. The number of anilines is 2. The van der Waals surface area contributed by atoms with Crippen LogP contribution in [0.1, 0.15) is 11.3 Å². The third-order valence-electron chi connectivity index (χ3n) is 5.57. The number of nitrogens with one attached hydrogen (secondary N) is 1. The molecule has 0 saturated heterocycles. The Kier molecular flexibility index (Phi) is 7.04.